The lowest BCUT2D eigenvalue weighted by molar-refractivity contribution is -0.154. The first-order valence-electron chi connectivity index (χ1n) is 21.5. The van der Waals surface area contributed by atoms with Crippen molar-refractivity contribution >= 4 is 5.97 Å². The van der Waals surface area contributed by atoms with E-state index < -0.39 is 6.10 Å². The fourth-order valence-corrected chi connectivity index (χ4v) is 5.82. The second-order valence-electron chi connectivity index (χ2n) is 14.0. The summed E-state index contributed by atoms with van der Waals surface area (Å²) < 4.78 is 11.2. The van der Waals surface area contributed by atoms with Gasteiger partial charge in [0.05, 0.1) is 13.2 Å². The van der Waals surface area contributed by atoms with Crippen molar-refractivity contribution in [2.75, 3.05) is 19.8 Å². The van der Waals surface area contributed by atoms with Gasteiger partial charge in [0.25, 0.3) is 0 Å². The van der Waals surface area contributed by atoms with Crippen LogP contribution >= 0.6 is 0 Å². The van der Waals surface area contributed by atoms with Gasteiger partial charge in [-0.15, -0.1) is 0 Å². The fraction of sp³-hybridized carbons (Fsp3) is 0.723. The van der Waals surface area contributed by atoms with E-state index in [1.165, 1.54) is 109 Å². The normalized spacial score (nSPS) is 13.1. The van der Waals surface area contributed by atoms with Crippen molar-refractivity contribution in [1.29, 1.82) is 0 Å². The summed E-state index contributed by atoms with van der Waals surface area (Å²) in [6.45, 7) is 5.20. The Morgan fingerprint density at radius 1 is 0.490 bits per heavy atom. The molecule has 294 valence electrons. The van der Waals surface area contributed by atoms with Crippen LogP contribution in [0.15, 0.2) is 72.9 Å². The first-order valence-corrected chi connectivity index (χ1v) is 21.5. The van der Waals surface area contributed by atoms with Crippen LogP contribution in [0, 0.1) is 0 Å². The highest BCUT2D eigenvalue weighted by Crippen LogP contribution is 2.12. The molecule has 4 heteroatoms. The smallest absolute Gasteiger partial charge is 0.306 e. The molecule has 0 rings (SSSR count). The third kappa shape index (κ3) is 42.1. The second kappa shape index (κ2) is 44.0. The highest BCUT2D eigenvalue weighted by atomic mass is 16.6. The minimum absolute atomic E-state index is 0.184. The molecule has 1 atom stereocenters. The Hall–Kier alpha value is -2.17. The summed E-state index contributed by atoms with van der Waals surface area (Å²) in [5, 5.41) is 9.60. The summed E-state index contributed by atoms with van der Waals surface area (Å²) in [5.41, 5.74) is 0. The van der Waals surface area contributed by atoms with Crippen LogP contribution in [-0.2, 0) is 14.3 Å². The molecule has 1 unspecified atom stereocenters. The maximum absolute atomic E-state index is 12.2. The van der Waals surface area contributed by atoms with Crippen LogP contribution in [0.5, 0.6) is 0 Å². The van der Waals surface area contributed by atoms with Crippen LogP contribution in [0.2, 0.25) is 0 Å². The molecule has 0 saturated carbocycles. The number of allylic oxidation sites excluding steroid dienone is 12. The van der Waals surface area contributed by atoms with Gasteiger partial charge in [-0.3, -0.25) is 4.79 Å². The van der Waals surface area contributed by atoms with E-state index in [0.29, 0.717) is 13.0 Å². The zero-order chi connectivity index (χ0) is 37.0. The Bertz CT molecular complexity index is 881. The van der Waals surface area contributed by atoms with Crippen molar-refractivity contribution in [1.82, 2.24) is 0 Å². The van der Waals surface area contributed by atoms with E-state index in [9.17, 15) is 9.90 Å². The van der Waals surface area contributed by atoms with Gasteiger partial charge in [0.15, 0.2) is 0 Å². The molecule has 0 aromatic heterocycles. The summed E-state index contributed by atoms with van der Waals surface area (Å²) in [5.74, 6) is -0.222. The van der Waals surface area contributed by atoms with Gasteiger partial charge < -0.3 is 14.6 Å². The first kappa shape index (κ1) is 48.8. The quantitative estimate of drug-likeness (QED) is 0.0392. The monoisotopic (exact) mass is 711 g/mol. The Morgan fingerprint density at radius 2 is 0.882 bits per heavy atom. The molecule has 0 aliphatic carbocycles. The van der Waals surface area contributed by atoms with Crippen molar-refractivity contribution < 1.29 is 19.4 Å². The third-order valence-electron chi connectivity index (χ3n) is 9.02. The van der Waals surface area contributed by atoms with E-state index in [4.69, 9.17) is 9.47 Å². The number of aliphatic hydroxyl groups is 1. The molecule has 0 heterocycles. The van der Waals surface area contributed by atoms with Gasteiger partial charge in [-0.05, 0) is 83.5 Å². The Balaban J connectivity index is 3.51. The molecule has 1 N–H and O–H groups in total. The lowest BCUT2D eigenvalue weighted by atomic mass is 10.1. The molecule has 4 nitrogen and oxygen atoms in total. The molecule has 0 radical (unpaired) electrons. The molecule has 0 spiro atoms. The van der Waals surface area contributed by atoms with Gasteiger partial charge in [0.2, 0.25) is 0 Å². The van der Waals surface area contributed by atoms with Crippen LogP contribution in [0.4, 0.5) is 0 Å². The van der Waals surface area contributed by atoms with Crippen LogP contribution < -0.4 is 0 Å². The van der Waals surface area contributed by atoms with E-state index >= 15 is 0 Å². The molecular weight excluding hydrogens is 629 g/mol. The third-order valence-corrected chi connectivity index (χ3v) is 9.02. The van der Waals surface area contributed by atoms with Crippen molar-refractivity contribution in [3.63, 3.8) is 0 Å². The highest BCUT2D eigenvalue weighted by Gasteiger charge is 2.13. The van der Waals surface area contributed by atoms with E-state index in [0.717, 1.165) is 64.2 Å². The minimum Gasteiger partial charge on any atom is -0.457 e. The Labute approximate surface area is 317 Å². The molecule has 0 aliphatic rings. The number of carbonyl (C=O) groups is 1. The van der Waals surface area contributed by atoms with Crippen molar-refractivity contribution in [2.24, 2.45) is 0 Å². The predicted molar refractivity (Wildman–Crippen MR) is 223 cm³/mol. The number of esters is 1. The average Bonchev–Trinajstić information content (AvgIpc) is 3.14. The molecule has 0 aromatic rings. The van der Waals surface area contributed by atoms with Gasteiger partial charge in [-0.2, -0.15) is 0 Å². The lowest BCUT2D eigenvalue weighted by Gasteiger charge is -2.15. The minimum atomic E-state index is -0.550. The maximum atomic E-state index is 12.2. The summed E-state index contributed by atoms with van der Waals surface area (Å²) in [6, 6.07) is 0. The first-order chi connectivity index (χ1) is 25.2. The average molecular weight is 711 g/mol. The largest absolute Gasteiger partial charge is 0.457 e. The number of hydrogen-bond donors (Lipinski definition) is 1. The molecule has 0 bridgehead atoms. The number of rotatable bonds is 39. The summed E-state index contributed by atoms with van der Waals surface area (Å²) >= 11 is 0. The molecule has 0 amide bonds. The second-order valence-corrected chi connectivity index (χ2v) is 14.0. The summed E-state index contributed by atoms with van der Waals surface area (Å²) in [4.78, 5) is 12.2. The number of carbonyl (C=O) groups excluding carboxylic acids is 1. The summed E-state index contributed by atoms with van der Waals surface area (Å²) in [7, 11) is 0. The fourth-order valence-electron chi connectivity index (χ4n) is 5.82. The Kier molecular flexibility index (Phi) is 42.1. The van der Waals surface area contributed by atoms with Crippen LogP contribution in [0.3, 0.4) is 0 Å². The van der Waals surface area contributed by atoms with Crippen molar-refractivity contribution in [2.45, 2.75) is 200 Å². The highest BCUT2D eigenvalue weighted by molar-refractivity contribution is 5.69. The van der Waals surface area contributed by atoms with Crippen molar-refractivity contribution in [3.8, 4) is 0 Å². The van der Waals surface area contributed by atoms with Gasteiger partial charge in [-0.1, -0.05) is 177 Å². The lowest BCUT2D eigenvalue weighted by Crippen LogP contribution is -2.27. The number of ether oxygens (including phenoxy) is 2. The van der Waals surface area contributed by atoms with Crippen LogP contribution in [0.25, 0.3) is 0 Å². The zero-order valence-electron chi connectivity index (χ0n) is 33.6. The molecule has 0 saturated heterocycles. The van der Waals surface area contributed by atoms with Crippen molar-refractivity contribution in [3.05, 3.63) is 72.9 Å². The van der Waals surface area contributed by atoms with Gasteiger partial charge in [0.1, 0.15) is 6.10 Å². The zero-order valence-corrected chi connectivity index (χ0v) is 33.6. The van der Waals surface area contributed by atoms with Crippen LogP contribution in [-0.4, -0.2) is 37.0 Å². The van der Waals surface area contributed by atoms with Crippen LogP contribution in [0.1, 0.15) is 194 Å². The van der Waals surface area contributed by atoms with E-state index in [-0.39, 0.29) is 19.2 Å². The number of unbranched alkanes of at least 4 members (excludes halogenated alkanes) is 19. The summed E-state index contributed by atoms with van der Waals surface area (Å²) in [6.07, 6.45) is 59.6. The molecule has 0 aliphatic heterocycles. The maximum Gasteiger partial charge on any atom is 0.306 e. The van der Waals surface area contributed by atoms with Gasteiger partial charge >= 0.3 is 5.97 Å². The molecule has 0 fully saturated rings. The topological polar surface area (TPSA) is 55.8 Å². The van der Waals surface area contributed by atoms with Gasteiger partial charge in [0, 0.05) is 13.0 Å². The molecule has 0 aromatic carbocycles. The number of hydrogen-bond acceptors (Lipinski definition) is 4. The van der Waals surface area contributed by atoms with E-state index in [1.54, 1.807) is 0 Å². The van der Waals surface area contributed by atoms with E-state index in [1.807, 2.05) is 0 Å². The van der Waals surface area contributed by atoms with E-state index in [2.05, 4.69) is 86.8 Å². The predicted octanol–water partition coefficient (Wildman–Crippen LogP) is 14.2. The standard InChI is InChI=1S/C47H82O4/c1-3-5-7-9-11-13-15-17-19-21-23-24-25-26-28-30-32-34-36-38-40-42-47(49)51-46(44-48)45-50-43-41-39-37-35-33-31-29-27-22-20-18-16-14-12-10-8-6-4-2/h5,7,11,13,17-20,23-24,26,28,46,48H,3-4,6,8-10,12,14-16,21-22,25,27,29-45H2,1-2H3/b7-5-,13-11-,19-17-,20-18-,24-23-,28-26-. The molecule has 51 heavy (non-hydrogen) atoms. The molecular formula is C47H82O4. The Morgan fingerprint density at radius 3 is 1.35 bits per heavy atom. The van der Waals surface area contributed by atoms with Gasteiger partial charge in [-0.25, -0.2) is 0 Å². The SMILES string of the molecule is CC/C=C\C/C=C\C/C=C\C/C=C\C/C=C\CCCCCCCC(=O)OC(CO)COCCCCCCCCCC/C=C\CCCCCCCC. The number of aliphatic hydroxyl groups excluding tert-OH is 1.